The molecule has 0 aromatic heterocycles. The van der Waals surface area contributed by atoms with Crippen molar-refractivity contribution in [3.05, 3.63) is 29.8 Å². The molecule has 2 aromatic rings. The van der Waals surface area contributed by atoms with Crippen LogP contribution in [0.1, 0.15) is 34.6 Å². The molecule has 0 spiro atoms. The summed E-state index contributed by atoms with van der Waals surface area (Å²) in [5.41, 5.74) is -1.01. The number of benzene rings is 2. The van der Waals surface area contributed by atoms with Crippen LogP contribution in [0.4, 0.5) is 8.78 Å². The Bertz CT molecular complexity index is 983. The van der Waals surface area contributed by atoms with E-state index in [0.717, 1.165) is 0 Å². The second kappa shape index (κ2) is 6.89. The van der Waals surface area contributed by atoms with Gasteiger partial charge in [-0.3, -0.25) is 4.79 Å². The van der Waals surface area contributed by atoms with Crippen LogP contribution in [-0.2, 0) is 14.1 Å². The second-order valence-electron chi connectivity index (χ2n) is 9.59. The Morgan fingerprint density at radius 2 is 1.55 bits per heavy atom. The highest BCUT2D eigenvalue weighted by Crippen LogP contribution is 2.38. The topological polar surface area (TPSA) is 44.8 Å². The zero-order chi connectivity index (χ0) is 21.9. The minimum Gasteiger partial charge on any atom is -0.427 e. The first kappa shape index (κ1) is 21.9. The van der Waals surface area contributed by atoms with E-state index in [4.69, 9.17) is 14.0 Å². The van der Waals surface area contributed by atoms with E-state index in [9.17, 15) is 4.79 Å². The highest BCUT2D eigenvalue weighted by Gasteiger charge is 2.52. The smallest absolute Gasteiger partial charge is 0.427 e. The van der Waals surface area contributed by atoms with Gasteiger partial charge < -0.3 is 14.0 Å². The normalized spacial score (nSPS) is 18.3. The van der Waals surface area contributed by atoms with E-state index < -0.39 is 44.0 Å². The van der Waals surface area contributed by atoms with Crippen LogP contribution < -0.4 is 15.4 Å². The van der Waals surface area contributed by atoms with Crippen LogP contribution in [0.15, 0.2) is 18.2 Å². The molecule has 0 atom stereocenters. The number of esters is 1. The molecule has 1 aliphatic heterocycles. The molecule has 1 saturated heterocycles. The lowest BCUT2D eigenvalue weighted by molar-refractivity contribution is -0.131. The summed E-state index contributed by atoms with van der Waals surface area (Å²) in [6, 6.07) is 4.70. The van der Waals surface area contributed by atoms with Crippen LogP contribution in [-0.4, -0.2) is 32.4 Å². The molecule has 3 rings (SSSR count). The molecule has 8 heteroatoms. The average Bonchev–Trinajstić information content (AvgIpc) is 2.76. The number of fused-ring (bicyclic) bond motifs is 1. The summed E-state index contributed by atoms with van der Waals surface area (Å²) in [6.45, 7) is 14.6. The fourth-order valence-corrected chi connectivity index (χ4v) is 4.76. The Morgan fingerprint density at radius 3 is 2.03 bits per heavy atom. The van der Waals surface area contributed by atoms with Gasteiger partial charge in [0.15, 0.2) is 11.6 Å². The molecular weight excluding hydrogens is 393 g/mol. The summed E-state index contributed by atoms with van der Waals surface area (Å²) >= 11 is 0. The average molecular weight is 420 g/mol. The van der Waals surface area contributed by atoms with Gasteiger partial charge in [-0.05, 0) is 55.9 Å². The largest absolute Gasteiger partial charge is 0.495 e. The molecule has 29 heavy (non-hydrogen) atoms. The molecule has 0 saturated carbocycles. The molecule has 0 unspecified atom stereocenters. The SMILES string of the molecule is CC(=O)Oc1cc(B2OC(C)(C)C(C)(C)O2)c2c(F)c(F)c([Si](C)(C)C)cc2c1. The maximum atomic E-state index is 15.3. The van der Waals surface area contributed by atoms with Crippen LogP contribution in [0, 0.1) is 11.6 Å². The van der Waals surface area contributed by atoms with Gasteiger partial charge in [0.25, 0.3) is 0 Å². The fraction of sp³-hybridized carbons (Fsp3) is 0.476. The van der Waals surface area contributed by atoms with Gasteiger partial charge in [-0.2, -0.15) is 0 Å². The van der Waals surface area contributed by atoms with Crippen molar-refractivity contribution in [2.75, 3.05) is 0 Å². The van der Waals surface area contributed by atoms with E-state index in [-0.39, 0.29) is 11.1 Å². The minimum atomic E-state index is -2.16. The molecule has 4 nitrogen and oxygen atoms in total. The maximum absolute atomic E-state index is 15.3. The van der Waals surface area contributed by atoms with Crippen molar-refractivity contribution in [1.29, 1.82) is 0 Å². The summed E-state index contributed by atoms with van der Waals surface area (Å²) in [4.78, 5) is 11.5. The van der Waals surface area contributed by atoms with Crippen LogP contribution in [0.5, 0.6) is 5.75 Å². The number of hydrogen-bond acceptors (Lipinski definition) is 4. The monoisotopic (exact) mass is 420 g/mol. The van der Waals surface area contributed by atoms with E-state index in [0.29, 0.717) is 16.0 Å². The van der Waals surface area contributed by atoms with Gasteiger partial charge >= 0.3 is 13.1 Å². The number of carbonyl (C=O) groups excluding carboxylic acids is 1. The molecule has 0 N–H and O–H groups in total. The lowest BCUT2D eigenvalue weighted by Crippen LogP contribution is -2.41. The Morgan fingerprint density at radius 1 is 1.00 bits per heavy atom. The van der Waals surface area contributed by atoms with Crippen molar-refractivity contribution >= 4 is 42.6 Å². The molecular formula is C21H27BF2O4Si. The predicted molar refractivity (Wildman–Crippen MR) is 114 cm³/mol. The molecule has 0 aliphatic carbocycles. The van der Waals surface area contributed by atoms with Crippen molar-refractivity contribution in [1.82, 2.24) is 0 Å². The van der Waals surface area contributed by atoms with Crippen LogP contribution >= 0.6 is 0 Å². The standard InChI is InChI=1S/C21H27BF2O4Si/c1-12(25)26-14-9-13-10-16(29(6,7)8)18(23)19(24)17(13)15(11-14)22-27-20(2,3)21(4,5)28-22/h9-11H,1-8H3. The molecule has 0 bridgehead atoms. The molecule has 0 amide bonds. The Kier molecular flexibility index (Phi) is 5.21. The van der Waals surface area contributed by atoms with Crippen molar-refractivity contribution < 1.29 is 27.6 Å². The zero-order valence-electron chi connectivity index (χ0n) is 18.2. The van der Waals surface area contributed by atoms with Gasteiger partial charge in [0.05, 0.1) is 19.3 Å². The van der Waals surface area contributed by atoms with E-state index in [1.165, 1.54) is 13.0 Å². The van der Waals surface area contributed by atoms with E-state index in [2.05, 4.69) is 0 Å². The minimum absolute atomic E-state index is 0.0823. The molecule has 156 valence electrons. The highest BCUT2D eigenvalue weighted by molar-refractivity contribution is 6.89. The third kappa shape index (κ3) is 3.85. The van der Waals surface area contributed by atoms with Crippen molar-refractivity contribution in [2.45, 2.75) is 65.5 Å². The summed E-state index contributed by atoms with van der Waals surface area (Å²) in [6.07, 6.45) is 0. The number of carbonyl (C=O) groups is 1. The van der Waals surface area contributed by atoms with Crippen LogP contribution in [0.2, 0.25) is 19.6 Å². The quantitative estimate of drug-likeness (QED) is 0.430. The zero-order valence-corrected chi connectivity index (χ0v) is 19.2. The van der Waals surface area contributed by atoms with Crippen molar-refractivity contribution in [2.24, 2.45) is 0 Å². The number of rotatable bonds is 3. The Balaban J connectivity index is 2.31. The van der Waals surface area contributed by atoms with Gasteiger partial charge in [0, 0.05) is 12.3 Å². The third-order valence-electron chi connectivity index (χ3n) is 5.70. The Hall–Kier alpha value is -1.77. The molecule has 0 radical (unpaired) electrons. The summed E-state index contributed by atoms with van der Waals surface area (Å²) in [5, 5.41) is 0.908. The van der Waals surface area contributed by atoms with Crippen molar-refractivity contribution in [3.8, 4) is 5.75 Å². The molecule has 2 aromatic carbocycles. The maximum Gasteiger partial charge on any atom is 0.495 e. The van der Waals surface area contributed by atoms with Gasteiger partial charge in [-0.1, -0.05) is 25.7 Å². The lowest BCUT2D eigenvalue weighted by Gasteiger charge is -2.32. The van der Waals surface area contributed by atoms with E-state index in [1.54, 1.807) is 12.1 Å². The first-order chi connectivity index (χ1) is 13.1. The second-order valence-corrected chi connectivity index (χ2v) is 14.6. The van der Waals surface area contributed by atoms with E-state index >= 15 is 8.78 Å². The summed E-state index contributed by atoms with van der Waals surface area (Å²) in [7, 11) is -3.08. The highest BCUT2D eigenvalue weighted by atomic mass is 28.3. The van der Waals surface area contributed by atoms with Gasteiger partial charge in [0.1, 0.15) is 5.75 Å². The van der Waals surface area contributed by atoms with E-state index in [1.807, 2.05) is 47.3 Å². The van der Waals surface area contributed by atoms with Crippen molar-refractivity contribution in [3.63, 3.8) is 0 Å². The van der Waals surface area contributed by atoms with Gasteiger partial charge in [-0.25, -0.2) is 8.78 Å². The third-order valence-corrected chi connectivity index (χ3v) is 7.68. The summed E-state index contributed by atoms with van der Waals surface area (Å²) < 4.78 is 47.7. The number of halogens is 2. The van der Waals surface area contributed by atoms with Crippen LogP contribution in [0.25, 0.3) is 10.8 Å². The predicted octanol–water partition coefficient (Wildman–Crippen LogP) is 3.89. The number of hydrogen-bond donors (Lipinski definition) is 0. The molecule has 1 aliphatic rings. The summed E-state index contributed by atoms with van der Waals surface area (Å²) in [5.74, 6) is -2.03. The fourth-order valence-electron chi connectivity index (χ4n) is 3.40. The van der Waals surface area contributed by atoms with Gasteiger partial charge in [-0.15, -0.1) is 0 Å². The van der Waals surface area contributed by atoms with Gasteiger partial charge in [0.2, 0.25) is 0 Å². The Labute approximate surface area is 171 Å². The molecule has 1 heterocycles. The number of ether oxygens (including phenoxy) is 1. The first-order valence-electron chi connectivity index (χ1n) is 9.64. The van der Waals surface area contributed by atoms with Crippen LogP contribution in [0.3, 0.4) is 0 Å². The molecule has 1 fully saturated rings. The first-order valence-corrected chi connectivity index (χ1v) is 13.1. The lowest BCUT2D eigenvalue weighted by atomic mass is 9.75.